The molecule has 1 heterocycles. The zero-order valence-corrected chi connectivity index (χ0v) is 16.4. The molecule has 2 aromatic carbocycles. The van der Waals surface area contributed by atoms with E-state index in [4.69, 9.17) is 28.9 Å². The highest BCUT2D eigenvalue weighted by Crippen LogP contribution is 2.41. The smallest absolute Gasteiger partial charge is 0.368 e. The number of aromatic nitrogens is 3. The van der Waals surface area contributed by atoms with E-state index in [0.717, 1.165) is 12.1 Å². The van der Waals surface area contributed by atoms with Gasteiger partial charge in [-0.3, -0.25) is 4.21 Å². The molecule has 12 heteroatoms. The van der Waals surface area contributed by atoms with Gasteiger partial charge in [-0.25, -0.2) is 5.10 Å². The maximum atomic E-state index is 13.4. The molecule has 0 bridgehead atoms. The molecule has 0 aliphatic rings. The minimum Gasteiger partial charge on any atom is -0.368 e. The quantitative estimate of drug-likeness (QED) is 0.528. The second-order valence-corrected chi connectivity index (χ2v) is 7.81. The molecule has 0 aliphatic carbocycles. The highest BCUT2D eigenvalue weighted by atomic mass is 35.5. The van der Waals surface area contributed by atoms with Crippen LogP contribution in [0.25, 0.3) is 11.1 Å². The summed E-state index contributed by atoms with van der Waals surface area (Å²) in [5.41, 5.74) is 5.21. The van der Waals surface area contributed by atoms with Crippen LogP contribution in [0.5, 0.6) is 0 Å². The normalized spacial score (nSPS) is 12.8. The number of nitrogen functional groups attached to an aromatic ring is 1. The maximum Gasteiger partial charge on any atom is 0.417 e. The van der Waals surface area contributed by atoms with Crippen LogP contribution < -0.4 is 11.1 Å². The van der Waals surface area contributed by atoms with Gasteiger partial charge in [0, 0.05) is 17.5 Å². The predicted molar refractivity (Wildman–Crippen MR) is 103 cm³/mol. The standard InChI is InChI=1S/C16H12Cl2F3N5OS/c1-28(27)12-3-2-7(4-9(12)16(19,20)21)13-10(17)5-8(6-11(13)18)23-15-24-14(22)25-26-15/h2-6H,1H3,(H4,22,23,24,25,26). The Kier molecular flexibility index (Phi) is 5.55. The molecule has 1 aromatic heterocycles. The van der Waals surface area contributed by atoms with Gasteiger partial charge in [0.2, 0.25) is 11.9 Å². The number of aromatic amines is 1. The van der Waals surface area contributed by atoms with Crippen molar-refractivity contribution in [1.82, 2.24) is 15.2 Å². The Bertz CT molecular complexity index is 1050. The molecule has 148 valence electrons. The number of alkyl halides is 3. The molecule has 1 atom stereocenters. The summed E-state index contributed by atoms with van der Waals surface area (Å²) in [6, 6.07) is 6.36. The van der Waals surface area contributed by atoms with E-state index < -0.39 is 22.5 Å². The van der Waals surface area contributed by atoms with E-state index in [1.165, 1.54) is 24.5 Å². The van der Waals surface area contributed by atoms with Crippen molar-refractivity contribution in [3.05, 3.63) is 45.9 Å². The predicted octanol–water partition coefficient (Wildman–Crippen LogP) is 4.86. The Labute approximate surface area is 169 Å². The molecule has 28 heavy (non-hydrogen) atoms. The molecule has 0 saturated heterocycles. The molecule has 0 radical (unpaired) electrons. The molecule has 3 aromatic rings. The molecule has 3 rings (SSSR count). The van der Waals surface area contributed by atoms with Crippen molar-refractivity contribution in [1.29, 1.82) is 0 Å². The zero-order chi connectivity index (χ0) is 20.6. The van der Waals surface area contributed by atoms with Gasteiger partial charge in [0.25, 0.3) is 0 Å². The molecule has 0 amide bonds. The third-order valence-corrected chi connectivity index (χ3v) is 5.26. The van der Waals surface area contributed by atoms with Crippen molar-refractivity contribution >= 4 is 51.6 Å². The number of H-pyrrole nitrogens is 1. The number of nitrogens with zero attached hydrogens (tertiary/aromatic N) is 2. The van der Waals surface area contributed by atoms with E-state index in [0.29, 0.717) is 5.69 Å². The number of benzene rings is 2. The molecule has 6 nitrogen and oxygen atoms in total. The zero-order valence-electron chi connectivity index (χ0n) is 14.1. The van der Waals surface area contributed by atoms with Crippen molar-refractivity contribution in [2.24, 2.45) is 0 Å². The Morgan fingerprint density at radius 3 is 2.32 bits per heavy atom. The first-order valence-corrected chi connectivity index (χ1v) is 9.86. The fourth-order valence-electron chi connectivity index (χ4n) is 2.54. The van der Waals surface area contributed by atoms with Crippen LogP contribution in [0.4, 0.5) is 30.8 Å². The van der Waals surface area contributed by atoms with Crippen LogP contribution in [0.15, 0.2) is 35.2 Å². The van der Waals surface area contributed by atoms with Crippen LogP contribution >= 0.6 is 23.2 Å². The van der Waals surface area contributed by atoms with Crippen LogP contribution in [0.3, 0.4) is 0 Å². The monoisotopic (exact) mass is 449 g/mol. The maximum absolute atomic E-state index is 13.4. The molecule has 0 aliphatic heterocycles. The third-order valence-electron chi connectivity index (χ3n) is 3.68. The summed E-state index contributed by atoms with van der Waals surface area (Å²) in [5, 5.41) is 9.29. The molecule has 0 fully saturated rings. The van der Waals surface area contributed by atoms with Gasteiger partial charge >= 0.3 is 6.18 Å². The first-order valence-electron chi connectivity index (χ1n) is 7.55. The van der Waals surface area contributed by atoms with E-state index in [1.54, 1.807) is 0 Å². The van der Waals surface area contributed by atoms with Crippen LogP contribution in [-0.4, -0.2) is 25.6 Å². The summed E-state index contributed by atoms with van der Waals surface area (Å²) in [4.78, 5) is 3.55. The first-order chi connectivity index (χ1) is 13.1. The van der Waals surface area contributed by atoms with Gasteiger partial charge in [0.1, 0.15) is 0 Å². The number of nitrogens with one attached hydrogen (secondary N) is 2. The summed E-state index contributed by atoms with van der Waals surface area (Å²) >= 11 is 12.5. The largest absolute Gasteiger partial charge is 0.417 e. The summed E-state index contributed by atoms with van der Waals surface area (Å²) in [5.74, 6) is 0.274. The van der Waals surface area contributed by atoms with Crippen molar-refractivity contribution in [3.63, 3.8) is 0 Å². The number of anilines is 3. The summed E-state index contributed by atoms with van der Waals surface area (Å²) in [6.07, 6.45) is -3.50. The van der Waals surface area contributed by atoms with E-state index in [-0.39, 0.29) is 38.0 Å². The van der Waals surface area contributed by atoms with E-state index >= 15 is 0 Å². The molecule has 4 N–H and O–H groups in total. The third kappa shape index (κ3) is 4.23. The number of hydrogen-bond acceptors (Lipinski definition) is 5. The Morgan fingerprint density at radius 2 is 1.82 bits per heavy atom. The van der Waals surface area contributed by atoms with Gasteiger partial charge in [-0.2, -0.15) is 18.2 Å². The second-order valence-electron chi connectivity index (χ2n) is 5.65. The molecule has 0 saturated carbocycles. The van der Waals surface area contributed by atoms with E-state index in [9.17, 15) is 17.4 Å². The topological polar surface area (TPSA) is 96.7 Å². The summed E-state index contributed by atoms with van der Waals surface area (Å²) < 4.78 is 51.8. The van der Waals surface area contributed by atoms with Crippen molar-refractivity contribution in [2.75, 3.05) is 17.3 Å². The number of hydrogen-bond donors (Lipinski definition) is 3. The summed E-state index contributed by atoms with van der Waals surface area (Å²) in [6.45, 7) is 0. The minimum atomic E-state index is -4.68. The minimum absolute atomic E-state index is 0.101. The lowest BCUT2D eigenvalue weighted by Crippen LogP contribution is -2.10. The lowest BCUT2D eigenvalue weighted by Gasteiger charge is -2.15. The van der Waals surface area contributed by atoms with Gasteiger partial charge in [-0.1, -0.05) is 29.3 Å². The Morgan fingerprint density at radius 1 is 1.18 bits per heavy atom. The van der Waals surface area contributed by atoms with Crippen molar-refractivity contribution in [2.45, 2.75) is 11.1 Å². The Balaban J connectivity index is 2.05. The highest BCUT2D eigenvalue weighted by molar-refractivity contribution is 7.84. The number of halogens is 5. The van der Waals surface area contributed by atoms with Crippen molar-refractivity contribution in [3.8, 4) is 11.1 Å². The van der Waals surface area contributed by atoms with Crippen LogP contribution in [0, 0.1) is 0 Å². The molecule has 1 unspecified atom stereocenters. The molecular weight excluding hydrogens is 438 g/mol. The average molecular weight is 450 g/mol. The SMILES string of the molecule is CS(=O)c1ccc(-c2c(Cl)cc(Nc3n[nH]c(N)n3)cc2Cl)cc1C(F)(F)F. The van der Waals surface area contributed by atoms with Crippen LogP contribution in [-0.2, 0) is 17.0 Å². The second kappa shape index (κ2) is 7.61. The molecular formula is C16H12Cl2F3N5OS. The summed E-state index contributed by atoms with van der Waals surface area (Å²) in [7, 11) is -1.81. The fraction of sp³-hybridized carbons (Fsp3) is 0.125. The molecule has 0 spiro atoms. The van der Waals surface area contributed by atoms with Gasteiger partial charge < -0.3 is 11.1 Å². The number of nitrogens with two attached hydrogens (primary N) is 1. The van der Waals surface area contributed by atoms with Gasteiger partial charge in [-0.15, -0.1) is 5.10 Å². The average Bonchev–Trinajstić information content (AvgIpc) is 2.98. The van der Waals surface area contributed by atoms with Crippen molar-refractivity contribution < 1.29 is 17.4 Å². The first kappa shape index (κ1) is 20.4. The van der Waals surface area contributed by atoms with Crippen LogP contribution in [0.1, 0.15) is 5.56 Å². The van der Waals surface area contributed by atoms with E-state index in [1.807, 2.05) is 0 Å². The highest BCUT2D eigenvalue weighted by Gasteiger charge is 2.35. The fourth-order valence-corrected chi connectivity index (χ4v) is 3.99. The number of rotatable bonds is 4. The van der Waals surface area contributed by atoms with Gasteiger partial charge in [0.05, 0.1) is 31.3 Å². The van der Waals surface area contributed by atoms with E-state index in [2.05, 4.69) is 20.5 Å². The van der Waals surface area contributed by atoms with Crippen LogP contribution in [0.2, 0.25) is 10.0 Å². The lowest BCUT2D eigenvalue weighted by molar-refractivity contribution is -0.139. The van der Waals surface area contributed by atoms with Gasteiger partial charge in [-0.05, 0) is 29.8 Å². The van der Waals surface area contributed by atoms with Gasteiger partial charge in [0.15, 0.2) is 0 Å². The Hall–Kier alpha value is -2.30. The lowest BCUT2D eigenvalue weighted by atomic mass is 10.0.